The molecule has 1 aromatic carbocycles. The highest BCUT2D eigenvalue weighted by Crippen LogP contribution is 2.34. The topological polar surface area (TPSA) is 93.5 Å². The minimum absolute atomic E-state index is 0.0629. The second-order valence-corrected chi connectivity index (χ2v) is 7.90. The Hall–Kier alpha value is -3.39. The third-order valence-electron chi connectivity index (χ3n) is 5.79. The summed E-state index contributed by atoms with van der Waals surface area (Å²) in [6, 6.07) is 14.4. The molecule has 0 saturated carbocycles. The predicted octanol–water partition coefficient (Wildman–Crippen LogP) is 4.12. The summed E-state index contributed by atoms with van der Waals surface area (Å²) in [6.45, 7) is 6.14. The van der Waals surface area contributed by atoms with E-state index in [1.165, 1.54) is 0 Å². The summed E-state index contributed by atoms with van der Waals surface area (Å²) < 4.78 is 8.05. The van der Waals surface area contributed by atoms with Crippen LogP contribution in [0.5, 0.6) is 0 Å². The van der Waals surface area contributed by atoms with Gasteiger partial charge >= 0.3 is 0 Å². The van der Waals surface area contributed by atoms with Crippen LogP contribution in [0.3, 0.4) is 0 Å². The normalized spacial score (nSPS) is 17.2. The number of benzene rings is 1. The van der Waals surface area contributed by atoms with Gasteiger partial charge in [0.2, 0.25) is 0 Å². The van der Waals surface area contributed by atoms with Gasteiger partial charge in [-0.15, -0.1) is 0 Å². The van der Waals surface area contributed by atoms with Crippen molar-refractivity contribution in [1.29, 1.82) is 0 Å². The number of carbonyl (C=O) groups is 1. The standard InChI is InChI=1S/C23H26N4O4/c1-3-16(2)24-23(28)21-11-10-19(31-21)15-26-14-13-25-12-4-5-20(25)22(26)17-6-8-18(9-7-17)27(29)30/h4-12,16,22H,3,13-15H2,1-2H3,(H,24,28). The van der Waals surface area contributed by atoms with Gasteiger partial charge in [0, 0.05) is 43.2 Å². The molecule has 3 heterocycles. The third-order valence-corrected chi connectivity index (χ3v) is 5.79. The summed E-state index contributed by atoms with van der Waals surface area (Å²) >= 11 is 0. The number of carbonyl (C=O) groups excluding carboxylic acids is 1. The molecule has 0 fully saturated rings. The number of aromatic nitrogens is 1. The molecule has 1 aliphatic heterocycles. The first-order chi connectivity index (χ1) is 15.0. The fraction of sp³-hybridized carbons (Fsp3) is 0.348. The Morgan fingerprint density at radius 1 is 1.23 bits per heavy atom. The predicted molar refractivity (Wildman–Crippen MR) is 116 cm³/mol. The van der Waals surface area contributed by atoms with E-state index in [-0.39, 0.29) is 28.6 Å². The first-order valence-corrected chi connectivity index (χ1v) is 10.5. The molecule has 0 aliphatic carbocycles. The van der Waals surface area contributed by atoms with Crippen molar-refractivity contribution in [3.63, 3.8) is 0 Å². The van der Waals surface area contributed by atoms with Crippen LogP contribution in [0.2, 0.25) is 0 Å². The molecule has 2 unspecified atom stereocenters. The third kappa shape index (κ3) is 4.39. The van der Waals surface area contributed by atoms with Crippen molar-refractivity contribution in [3.8, 4) is 0 Å². The number of hydrogen-bond acceptors (Lipinski definition) is 5. The van der Waals surface area contributed by atoms with Gasteiger partial charge in [-0.05, 0) is 43.2 Å². The van der Waals surface area contributed by atoms with Crippen LogP contribution in [0.1, 0.15) is 53.9 Å². The van der Waals surface area contributed by atoms with Crippen LogP contribution >= 0.6 is 0 Å². The SMILES string of the molecule is CCC(C)NC(=O)c1ccc(CN2CCn3cccc3C2c2ccc([N+](=O)[O-])cc2)o1. The zero-order valence-corrected chi connectivity index (χ0v) is 17.7. The monoisotopic (exact) mass is 422 g/mol. The van der Waals surface area contributed by atoms with Gasteiger partial charge in [0.05, 0.1) is 17.5 Å². The zero-order chi connectivity index (χ0) is 22.0. The molecule has 1 aliphatic rings. The Balaban J connectivity index is 1.57. The maximum absolute atomic E-state index is 12.3. The Kier molecular flexibility index (Phi) is 5.90. The van der Waals surface area contributed by atoms with Crippen LogP contribution in [0.25, 0.3) is 0 Å². The van der Waals surface area contributed by atoms with Gasteiger partial charge < -0.3 is 14.3 Å². The number of nitro benzene ring substituents is 1. The molecular weight excluding hydrogens is 396 g/mol. The van der Waals surface area contributed by atoms with Crippen molar-refractivity contribution >= 4 is 11.6 Å². The van der Waals surface area contributed by atoms with Gasteiger partial charge in [-0.3, -0.25) is 19.8 Å². The second-order valence-electron chi connectivity index (χ2n) is 7.90. The summed E-state index contributed by atoms with van der Waals surface area (Å²) in [5.41, 5.74) is 2.18. The molecule has 3 aromatic rings. The van der Waals surface area contributed by atoms with Gasteiger partial charge in [-0.1, -0.05) is 19.1 Å². The lowest BCUT2D eigenvalue weighted by Gasteiger charge is -2.36. The summed E-state index contributed by atoms with van der Waals surface area (Å²) in [4.78, 5) is 25.3. The highest BCUT2D eigenvalue weighted by atomic mass is 16.6. The molecule has 162 valence electrons. The number of rotatable bonds is 7. The average molecular weight is 422 g/mol. The van der Waals surface area contributed by atoms with E-state index in [0.717, 1.165) is 30.8 Å². The molecule has 0 bridgehead atoms. The molecule has 8 nitrogen and oxygen atoms in total. The van der Waals surface area contributed by atoms with E-state index in [1.54, 1.807) is 18.2 Å². The van der Waals surface area contributed by atoms with Crippen molar-refractivity contribution in [1.82, 2.24) is 14.8 Å². The van der Waals surface area contributed by atoms with Crippen molar-refractivity contribution in [2.75, 3.05) is 6.54 Å². The van der Waals surface area contributed by atoms with Gasteiger partial charge in [0.15, 0.2) is 5.76 Å². The molecule has 1 N–H and O–H groups in total. The quantitative estimate of drug-likeness (QED) is 0.457. The molecule has 8 heteroatoms. The highest BCUT2D eigenvalue weighted by Gasteiger charge is 2.30. The summed E-state index contributed by atoms with van der Waals surface area (Å²) in [5, 5.41) is 14.0. The number of fused-ring (bicyclic) bond motifs is 1. The molecule has 1 amide bonds. The van der Waals surface area contributed by atoms with E-state index in [2.05, 4.69) is 27.0 Å². The van der Waals surface area contributed by atoms with Crippen LogP contribution in [0.4, 0.5) is 5.69 Å². The van der Waals surface area contributed by atoms with Gasteiger partial charge in [-0.25, -0.2) is 0 Å². The molecule has 31 heavy (non-hydrogen) atoms. The first kappa shape index (κ1) is 20.9. The molecule has 0 saturated heterocycles. The molecule has 4 rings (SSSR count). The smallest absolute Gasteiger partial charge is 0.287 e. The maximum atomic E-state index is 12.3. The summed E-state index contributed by atoms with van der Waals surface area (Å²) in [7, 11) is 0. The Bertz CT molecular complexity index is 1070. The molecule has 2 aromatic heterocycles. The van der Waals surface area contributed by atoms with Crippen molar-refractivity contribution in [2.45, 2.75) is 45.4 Å². The Morgan fingerprint density at radius 2 is 2.00 bits per heavy atom. The maximum Gasteiger partial charge on any atom is 0.287 e. The number of nitrogens with zero attached hydrogens (tertiary/aromatic N) is 3. The van der Waals surface area contributed by atoms with E-state index in [1.807, 2.05) is 38.1 Å². The largest absolute Gasteiger partial charge is 0.455 e. The average Bonchev–Trinajstić information content (AvgIpc) is 3.43. The number of non-ortho nitro benzene ring substituents is 1. The van der Waals surface area contributed by atoms with E-state index >= 15 is 0 Å². The lowest BCUT2D eigenvalue weighted by Crippen LogP contribution is -2.37. The highest BCUT2D eigenvalue weighted by molar-refractivity contribution is 5.91. The lowest BCUT2D eigenvalue weighted by atomic mass is 9.99. The molecule has 0 spiro atoms. The molecule has 2 atom stereocenters. The zero-order valence-electron chi connectivity index (χ0n) is 17.7. The molecule has 0 radical (unpaired) electrons. The van der Waals surface area contributed by atoms with Crippen LogP contribution in [-0.4, -0.2) is 32.9 Å². The van der Waals surface area contributed by atoms with Crippen LogP contribution < -0.4 is 5.32 Å². The van der Waals surface area contributed by atoms with Crippen molar-refractivity contribution in [2.24, 2.45) is 0 Å². The second kappa shape index (κ2) is 8.77. The Labute approximate surface area is 180 Å². The van der Waals surface area contributed by atoms with Gasteiger partial charge in [-0.2, -0.15) is 0 Å². The van der Waals surface area contributed by atoms with Gasteiger partial charge in [0.1, 0.15) is 5.76 Å². The Morgan fingerprint density at radius 3 is 2.71 bits per heavy atom. The first-order valence-electron chi connectivity index (χ1n) is 10.5. The fourth-order valence-corrected chi connectivity index (χ4v) is 3.94. The number of hydrogen-bond donors (Lipinski definition) is 1. The van der Waals surface area contributed by atoms with Crippen LogP contribution in [-0.2, 0) is 13.1 Å². The minimum atomic E-state index is -0.389. The molecular formula is C23H26N4O4. The number of amides is 1. The van der Waals surface area contributed by atoms with Crippen molar-refractivity contribution in [3.05, 3.63) is 87.6 Å². The van der Waals surface area contributed by atoms with E-state index < -0.39 is 0 Å². The number of nitrogens with one attached hydrogen (secondary N) is 1. The minimum Gasteiger partial charge on any atom is -0.455 e. The van der Waals surface area contributed by atoms with Crippen LogP contribution in [0.15, 0.2) is 59.1 Å². The lowest BCUT2D eigenvalue weighted by molar-refractivity contribution is -0.384. The van der Waals surface area contributed by atoms with Crippen LogP contribution in [0, 0.1) is 10.1 Å². The summed E-state index contributed by atoms with van der Waals surface area (Å²) in [5.74, 6) is 0.809. The number of nitro groups is 1. The van der Waals surface area contributed by atoms with Gasteiger partial charge in [0.25, 0.3) is 11.6 Å². The fourth-order valence-electron chi connectivity index (χ4n) is 3.94. The van der Waals surface area contributed by atoms with Crippen molar-refractivity contribution < 1.29 is 14.1 Å². The summed E-state index contributed by atoms with van der Waals surface area (Å²) in [6.07, 6.45) is 2.90. The van der Waals surface area contributed by atoms with E-state index in [4.69, 9.17) is 4.42 Å². The van der Waals surface area contributed by atoms with E-state index in [9.17, 15) is 14.9 Å². The number of furan rings is 1. The van der Waals surface area contributed by atoms with E-state index in [0.29, 0.717) is 18.1 Å².